The van der Waals surface area contributed by atoms with Crippen molar-refractivity contribution >= 4 is 5.97 Å². The molecule has 1 unspecified atom stereocenters. The maximum Gasteiger partial charge on any atom is 0.349 e. The number of ether oxygens (including phenoxy) is 4. The predicted molar refractivity (Wildman–Crippen MR) is 164 cm³/mol. The Bertz CT molecular complexity index is 1680. The third kappa shape index (κ3) is 6.99. The number of rotatable bonds is 8. The minimum Gasteiger partial charge on any atom is -0.489 e. The number of fused-ring (bicyclic) bond motifs is 1. The average molecular weight is 575 g/mol. The largest absolute Gasteiger partial charge is 0.489 e. The van der Waals surface area contributed by atoms with Gasteiger partial charge in [-0.15, -0.1) is 0 Å². The van der Waals surface area contributed by atoms with Crippen molar-refractivity contribution in [2.75, 3.05) is 6.61 Å². The van der Waals surface area contributed by atoms with Crippen LogP contribution in [0.15, 0.2) is 102 Å². The van der Waals surface area contributed by atoms with E-state index in [-0.39, 0.29) is 23.7 Å². The van der Waals surface area contributed by atoms with Crippen molar-refractivity contribution in [2.24, 2.45) is 5.73 Å². The van der Waals surface area contributed by atoms with Crippen molar-refractivity contribution in [1.29, 1.82) is 5.26 Å². The number of esters is 1. The molecular formula is C36H34N2O5. The fourth-order valence-electron chi connectivity index (χ4n) is 4.80. The number of nitriles is 1. The Hall–Kier alpha value is -5.22. The molecule has 0 amide bonds. The van der Waals surface area contributed by atoms with Gasteiger partial charge in [-0.05, 0) is 59.4 Å². The minimum absolute atomic E-state index is 0.00483. The summed E-state index contributed by atoms with van der Waals surface area (Å²) in [5.74, 6) is 0.966. The van der Waals surface area contributed by atoms with E-state index in [1.807, 2.05) is 67.6 Å². The molecule has 0 saturated carbocycles. The highest BCUT2D eigenvalue weighted by molar-refractivity contribution is 5.74. The van der Waals surface area contributed by atoms with Gasteiger partial charge in [-0.3, -0.25) is 0 Å². The molecule has 4 aromatic rings. The Morgan fingerprint density at radius 2 is 1.51 bits per heavy atom. The summed E-state index contributed by atoms with van der Waals surface area (Å²) in [5.41, 5.74) is 11.5. The Morgan fingerprint density at radius 1 is 0.884 bits per heavy atom. The second-order valence-electron chi connectivity index (χ2n) is 11.5. The highest BCUT2D eigenvalue weighted by Crippen LogP contribution is 2.43. The highest BCUT2D eigenvalue weighted by Gasteiger charge is 2.31. The van der Waals surface area contributed by atoms with Crippen LogP contribution in [0.25, 0.3) is 0 Å². The summed E-state index contributed by atoms with van der Waals surface area (Å²) in [6.07, 6.45) is 0. The SMILES string of the molecule is Cc1ccc(COc2ccc(C3C(C#N)=C(N)Oc4cc(OC(=O)COc5ccc(C(C)(C)C)cc5)ccc43)cc2)cc1. The van der Waals surface area contributed by atoms with Gasteiger partial charge in [0.15, 0.2) is 6.61 Å². The summed E-state index contributed by atoms with van der Waals surface area (Å²) in [7, 11) is 0. The van der Waals surface area contributed by atoms with Gasteiger partial charge in [0.2, 0.25) is 5.88 Å². The van der Waals surface area contributed by atoms with Gasteiger partial charge in [0.05, 0.1) is 5.92 Å². The van der Waals surface area contributed by atoms with Crippen LogP contribution in [0, 0.1) is 18.3 Å². The summed E-state index contributed by atoms with van der Waals surface area (Å²) in [4.78, 5) is 12.5. The predicted octanol–water partition coefficient (Wildman–Crippen LogP) is 7.07. The van der Waals surface area contributed by atoms with Crippen molar-refractivity contribution in [2.45, 2.75) is 45.6 Å². The van der Waals surface area contributed by atoms with Crippen LogP contribution in [0.3, 0.4) is 0 Å². The van der Waals surface area contributed by atoms with E-state index in [4.69, 9.17) is 24.7 Å². The Balaban J connectivity index is 1.26. The van der Waals surface area contributed by atoms with Crippen molar-refractivity contribution < 1.29 is 23.7 Å². The van der Waals surface area contributed by atoms with Crippen molar-refractivity contribution in [3.63, 3.8) is 0 Å². The van der Waals surface area contributed by atoms with E-state index in [2.05, 4.69) is 39.0 Å². The number of hydrogen-bond acceptors (Lipinski definition) is 7. The number of carbonyl (C=O) groups is 1. The van der Waals surface area contributed by atoms with Crippen molar-refractivity contribution in [3.8, 4) is 29.1 Å². The second-order valence-corrected chi connectivity index (χ2v) is 11.5. The quantitative estimate of drug-likeness (QED) is 0.177. The second kappa shape index (κ2) is 12.3. The van der Waals surface area contributed by atoms with Gasteiger partial charge in [-0.25, -0.2) is 4.79 Å². The van der Waals surface area contributed by atoms with Crippen LogP contribution >= 0.6 is 0 Å². The van der Waals surface area contributed by atoms with Gasteiger partial charge in [-0.1, -0.05) is 80.9 Å². The number of nitrogens with two attached hydrogens (primary N) is 1. The van der Waals surface area contributed by atoms with E-state index in [1.165, 1.54) is 11.1 Å². The zero-order chi connectivity index (χ0) is 30.6. The molecule has 43 heavy (non-hydrogen) atoms. The first-order valence-corrected chi connectivity index (χ1v) is 14.0. The first-order valence-electron chi connectivity index (χ1n) is 14.0. The molecule has 2 N–H and O–H groups in total. The molecule has 0 bridgehead atoms. The monoisotopic (exact) mass is 574 g/mol. The fourth-order valence-corrected chi connectivity index (χ4v) is 4.80. The van der Waals surface area contributed by atoms with E-state index in [0.29, 0.717) is 29.4 Å². The minimum atomic E-state index is -0.560. The molecule has 1 aliphatic heterocycles. The summed E-state index contributed by atoms with van der Waals surface area (Å²) < 4.78 is 22.9. The standard InChI is InChI=1S/C36H34N2O5/c1-23-5-7-24(8-6-23)21-40-27-13-9-25(10-14-27)34-30-18-17-29(19-32(30)43-35(38)31(34)20-37)42-33(39)22-41-28-15-11-26(12-16-28)36(2,3)4/h5-19,34H,21-22,38H2,1-4H3. The molecule has 4 aromatic carbocycles. The van der Waals surface area contributed by atoms with Crippen LogP contribution in [0.1, 0.15) is 54.5 Å². The summed E-state index contributed by atoms with van der Waals surface area (Å²) in [6, 6.07) is 30.6. The third-order valence-electron chi connectivity index (χ3n) is 7.24. The van der Waals surface area contributed by atoms with Gasteiger partial charge < -0.3 is 24.7 Å². The molecule has 218 valence electrons. The van der Waals surface area contributed by atoms with Crippen LogP contribution in [0.4, 0.5) is 0 Å². The van der Waals surface area contributed by atoms with Gasteiger partial charge in [-0.2, -0.15) is 5.26 Å². The number of nitrogens with zero attached hydrogens (tertiary/aromatic N) is 1. The molecule has 1 heterocycles. The Morgan fingerprint density at radius 3 is 2.16 bits per heavy atom. The van der Waals surface area contributed by atoms with Crippen LogP contribution in [-0.4, -0.2) is 12.6 Å². The van der Waals surface area contributed by atoms with E-state index >= 15 is 0 Å². The summed E-state index contributed by atoms with van der Waals surface area (Å²) in [5, 5.41) is 9.91. The first-order chi connectivity index (χ1) is 20.6. The zero-order valence-corrected chi connectivity index (χ0v) is 24.7. The Kier molecular flexibility index (Phi) is 8.40. The molecular weight excluding hydrogens is 540 g/mol. The van der Waals surface area contributed by atoms with Crippen LogP contribution in [0.2, 0.25) is 0 Å². The lowest BCUT2D eigenvalue weighted by Gasteiger charge is -2.26. The maximum atomic E-state index is 12.5. The average Bonchev–Trinajstić information content (AvgIpc) is 2.99. The lowest BCUT2D eigenvalue weighted by atomic mass is 9.83. The topological polar surface area (TPSA) is 104 Å². The van der Waals surface area contributed by atoms with Gasteiger partial charge in [0.1, 0.15) is 41.2 Å². The molecule has 0 radical (unpaired) electrons. The van der Waals surface area contributed by atoms with Crippen LogP contribution < -0.4 is 24.7 Å². The smallest absolute Gasteiger partial charge is 0.349 e. The lowest BCUT2D eigenvalue weighted by molar-refractivity contribution is -0.136. The van der Waals surface area contributed by atoms with E-state index < -0.39 is 11.9 Å². The molecule has 0 spiro atoms. The summed E-state index contributed by atoms with van der Waals surface area (Å²) >= 11 is 0. The normalized spacial score (nSPS) is 14.3. The summed E-state index contributed by atoms with van der Waals surface area (Å²) in [6.45, 7) is 8.64. The number of allylic oxidation sites excluding steroid dienone is 1. The third-order valence-corrected chi connectivity index (χ3v) is 7.24. The van der Waals surface area contributed by atoms with E-state index in [0.717, 1.165) is 16.7 Å². The first kappa shape index (κ1) is 29.3. The molecule has 0 fully saturated rings. The molecule has 7 nitrogen and oxygen atoms in total. The van der Waals surface area contributed by atoms with E-state index in [1.54, 1.807) is 18.2 Å². The van der Waals surface area contributed by atoms with Crippen LogP contribution in [0.5, 0.6) is 23.0 Å². The molecule has 0 aromatic heterocycles. The molecule has 1 atom stereocenters. The highest BCUT2D eigenvalue weighted by atomic mass is 16.6. The fraction of sp³-hybridized carbons (Fsp3) is 0.222. The van der Waals surface area contributed by atoms with E-state index in [9.17, 15) is 10.1 Å². The molecule has 7 heteroatoms. The van der Waals surface area contributed by atoms with Gasteiger partial charge >= 0.3 is 5.97 Å². The number of aryl methyl sites for hydroxylation is 1. The number of carbonyl (C=O) groups excluding carboxylic acids is 1. The van der Waals surface area contributed by atoms with Crippen molar-refractivity contribution in [3.05, 3.63) is 130 Å². The maximum absolute atomic E-state index is 12.5. The van der Waals surface area contributed by atoms with Gasteiger partial charge in [0.25, 0.3) is 0 Å². The zero-order valence-electron chi connectivity index (χ0n) is 24.7. The van der Waals surface area contributed by atoms with Crippen LogP contribution in [-0.2, 0) is 16.8 Å². The van der Waals surface area contributed by atoms with Crippen molar-refractivity contribution in [1.82, 2.24) is 0 Å². The molecule has 0 saturated heterocycles. The Labute approximate surface area is 252 Å². The molecule has 1 aliphatic rings. The number of benzene rings is 4. The molecule has 5 rings (SSSR count). The van der Waals surface area contributed by atoms with Gasteiger partial charge in [0, 0.05) is 11.6 Å². The lowest BCUT2D eigenvalue weighted by Crippen LogP contribution is -2.21. The number of hydrogen-bond donors (Lipinski definition) is 1. The molecule has 0 aliphatic carbocycles.